The molecule has 2 N–H and O–H groups in total. The lowest BCUT2D eigenvalue weighted by atomic mass is 9.93. The number of halogens is 6. The molecule has 0 radical (unpaired) electrons. The standard InChI is InChI=1S/C25H22F6N4O2/c26-19-11-21(28)20(27)9-16(19)7-17(32)10-23(36)35-12-15-4-2-1-3-14(15)8-18(35)13-37-22-5-6-33-24(34-22)25(29,30)31/h1-6,9,11,17-18H,7-8,10,12-13,32H2. The van der Waals surface area contributed by atoms with Crippen molar-refractivity contribution in [2.75, 3.05) is 6.61 Å². The molecule has 0 fully saturated rings. The number of hydrogen-bond acceptors (Lipinski definition) is 5. The minimum Gasteiger partial charge on any atom is -0.475 e. The summed E-state index contributed by atoms with van der Waals surface area (Å²) >= 11 is 0. The van der Waals surface area contributed by atoms with Gasteiger partial charge < -0.3 is 15.4 Å². The first-order valence-corrected chi connectivity index (χ1v) is 11.3. The molecule has 6 nitrogen and oxygen atoms in total. The van der Waals surface area contributed by atoms with Crippen molar-refractivity contribution in [3.05, 3.63) is 88.6 Å². The maximum Gasteiger partial charge on any atom is 0.451 e. The number of nitrogens with two attached hydrogens (primary N) is 1. The van der Waals surface area contributed by atoms with E-state index in [2.05, 4.69) is 9.97 Å². The summed E-state index contributed by atoms with van der Waals surface area (Å²) in [5.41, 5.74) is 7.72. The van der Waals surface area contributed by atoms with Crippen molar-refractivity contribution in [1.29, 1.82) is 0 Å². The van der Waals surface area contributed by atoms with Crippen molar-refractivity contribution in [1.82, 2.24) is 14.9 Å². The fourth-order valence-corrected chi connectivity index (χ4v) is 4.19. The highest BCUT2D eigenvalue weighted by atomic mass is 19.4. The lowest BCUT2D eigenvalue weighted by Crippen LogP contribution is -2.48. The summed E-state index contributed by atoms with van der Waals surface area (Å²) in [7, 11) is 0. The van der Waals surface area contributed by atoms with Gasteiger partial charge in [-0.1, -0.05) is 24.3 Å². The van der Waals surface area contributed by atoms with Crippen LogP contribution in [-0.2, 0) is 30.4 Å². The normalized spacial score (nSPS) is 16.3. The number of aromatic nitrogens is 2. The van der Waals surface area contributed by atoms with E-state index in [0.717, 1.165) is 17.3 Å². The highest BCUT2D eigenvalue weighted by Gasteiger charge is 2.35. The molecule has 0 spiro atoms. The Morgan fingerprint density at radius 2 is 1.78 bits per heavy atom. The molecule has 0 saturated carbocycles. The summed E-state index contributed by atoms with van der Waals surface area (Å²) < 4.78 is 85.1. The molecule has 0 saturated heterocycles. The molecular formula is C25H22F6N4O2. The number of carbonyl (C=O) groups is 1. The number of carbonyl (C=O) groups excluding carboxylic acids is 1. The van der Waals surface area contributed by atoms with Gasteiger partial charge in [0.05, 0.1) is 6.04 Å². The molecule has 1 amide bonds. The van der Waals surface area contributed by atoms with Crippen LogP contribution in [0.4, 0.5) is 26.3 Å². The molecular weight excluding hydrogens is 502 g/mol. The van der Waals surface area contributed by atoms with Crippen LogP contribution >= 0.6 is 0 Å². The second-order valence-corrected chi connectivity index (χ2v) is 8.70. The van der Waals surface area contributed by atoms with E-state index in [9.17, 15) is 31.1 Å². The van der Waals surface area contributed by atoms with E-state index in [1.807, 2.05) is 24.3 Å². The zero-order valence-electron chi connectivity index (χ0n) is 19.3. The van der Waals surface area contributed by atoms with E-state index in [-0.39, 0.29) is 37.4 Å². The molecule has 2 unspecified atom stereocenters. The average Bonchev–Trinajstić information content (AvgIpc) is 2.85. The molecule has 2 atom stereocenters. The van der Waals surface area contributed by atoms with Gasteiger partial charge in [-0.05, 0) is 35.6 Å². The quantitative estimate of drug-likeness (QED) is 0.370. The number of fused-ring (bicyclic) bond motifs is 1. The number of amides is 1. The minimum atomic E-state index is -4.74. The number of ether oxygens (including phenoxy) is 1. The predicted octanol–water partition coefficient (Wildman–Crippen LogP) is 4.21. The Morgan fingerprint density at radius 1 is 1.08 bits per heavy atom. The Bertz CT molecular complexity index is 1290. The van der Waals surface area contributed by atoms with Gasteiger partial charge in [-0.15, -0.1) is 0 Å². The molecule has 0 aliphatic carbocycles. The van der Waals surface area contributed by atoms with Gasteiger partial charge in [-0.3, -0.25) is 4.79 Å². The summed E-state index contributed by atoms with van der Waals surface area (Å²) in [6, 6.07) is 8.24. The highest BCUT2D eigenvalue weighted by Crippen LogP contribution is 2.28. The molecule has 4 rings (SSSR count). The monoisotopic (exact) mass is 524 g/mol. The highest BCUT2D eigenvalue weighted by molar-refractivity contribution is 5.77. The zero-order chi connectivity index (χ0) is 26.7. The number of alkyl halides is 3. The lowest BCUT2D eigenvalue weighted by Gasteiger charge is -2.37. The largest absolute Gasteiger partial charge is 0.475 e. The van der Waals surface area contributed by atoms with E-state index in [4.69, 9.17) is 10.5 Å². The first-order chi connectivity index (χ1) is 17.5. The molecule has 1 aliphatic rings. The molecule has 1 aliphatic heterocycles. The van der Waals surface area contributed by atoms with Crippen LogP contribution in [0.2, 0.25) is 0 Å². The summed E-state index contributed by atoms with van der Waals surface area (Å²) in [6.07, 6.45) is -3.88. The van der Waals surface area contributed by atoms with Gasteiger partial charge in [0.15, 0.2) is 11.6 Å². The van der Waals surface area contributed by atoms with Crippen LogP contribution in [0.15, 0.2) is 48.7 Å². The van der Waals surface area contributed by atoms with Crippen LogP contribution in [0.1, 0.15) is 28.9 Å². The predicted molar refractivity (Wildman–Crippen MR) is 120 cm³/mol. The van der Waals surface area contributed by atoms with Crippen LogP contribution in [-0.4, -0.2) is 39.5 Å². The first-order valence-electron chi connectivity index (χ1n) is 11.3. The Hall–Kier alpha value is -3.67. The Balaban J connectivity index is 1.48. The third-order valence-corrected chi connectivity index (χ3v) is 5.99. The molecule has 2 aromatic carbocycles. The van der Waals surface area contributed by atoms with Gasteiger partial charge in [0.1, 0.15) is 12.4 Å². The third kappa shape index (κ3) is 6.37. The van der Waals surface area contributed by atoms with Crippen molar-refractivity contribution < 1.29 is 35.9 Å². The topological polar surface area (TPSA) is 81.3 Å². The Kier molecular flexibility index (Phi) is 7.67. The third-order valence-electron chi connectivity index (χ3n) is 5.99. The van der Waals surface area contributed by atoms with Gasteiger partial charge in [0.2, 0.25) is 17.6 Å². The molecule has 1 aromatic heterocycles. The van der Waals surface area contributed by atoms with Crippen molar-refractivity contribution in [3.63, 3.8) is 0 Å². The zero-order valence-corrected chi connectivity index (χ0v) is 19.3. The Morgan fingerprint density at radius 3 is 2.51 bits per heavy atom. The van der Waals surface area contributed by atoms with Gasteiger partial charge in [0, 0.05) is 37.3 Å². The van der Waals surface area contributed by atoms with Crippen LogP contribution < -0.4 is 10.5 Å². The molecule has 37 heavy (non-hydrogen) atoms. The molecule has 0 bridgehead atoms. The lowest BCUT2D eigenvalue weighted by molar-refractivity contribution is -0.145. The van der Waals surface area contributed by atoms with Crippen molar-refractivity contribution >= 4 is 5.91 Å². The maximum absolute atomic E-state index is 14.0. The molecule has 3 aromatic rings. The van der Waals surface area contributed by atoms with E-state index < -0.39 is 47.4 Å². The SMILES string of the molecule is NC(CC(=O)N1Cc2ccccc2CC1COc1ccnc(C(F)(F)F)n1)Cc1cc(F)c(F)cc1F. The minimum absolute atomic E-state index is 0.151. The van der Waals surface area contributed by atoms with Crippen LogP contribution in [0, 0.1) is 17.5 Å². The second kappa shape index (κ2) is 10.8. The van der Waals surface area contributed by atoms with Gasteiger partial charge >= 0.3 is 6.18 Å². The van der Waals surface area contributed by atoms with E-state index in [1.165, 1.54) is 11.0 Å². The number of hydrogen-bond donors (Lipinski definition) is 1. The van der Waals surface area contributed by atoms with Crippen LogP contribution in [0.25, 0.3) is 0 Å². The van der Waals surface area contributed by atoms with Crippen molar-refractivity contribution in [3.8, 4) is 5.88 Å². The molecule has 2 heterocycles. The molecule has 12 heteroatoms. The van der Waals surface area contributed by atoms with Crippen LogP contribution in [0.5, 0.6) is 5.88 Å². The average molecular weight is 524 g/mol. The smallest absolute Gasteiger partial charge is 0.451 e. The van der Waals surface area contributed by atoms with Crippen molar-refractivity contribution in [2.24, 2.45) is 5.73 Å². The summed E-state index contributed by atoms with van der Waals surface area (Å²) in [4.78, 5) is 21.3. The van der Waals surface area contributed by atoms with E-state index in [0.29, 0.717) is 18.6 Å². The van der Waals surface area contributed by atoms with Gasteiger partial charge in [0.25, 0.3) is 0 Å². The van der Waals surface area contributed by atoms with Gasteiger partial charge in [-0.25, -0.2) is 18.2 Å². The van der Waals surface area contributed by atoms with E-state index in [1.54, 1.807) is 0 Å². The van der Waals surface area contributed by atoms with Crippen molar-refractivity contribution in [2.45, 2.75) is 44.1 Å². The first kappa shape index (κ1) is 26.4. The number of nitrogens with zero attached hydrogens (tertiary/aromatic N) is 3. The van der Waals surface area contributed by atoms with E-state index >= 15 is 0 Å². The molecule has 196 valence electrons. The van der Waals surface area contributed by atoms with Crippen LogP contribution in [0.3, 0.4) is 0 Å². The summed E-state index contributed by atoms with van der Waals surface area (Å²) in [5, 5.41) is 0. The summed E-state index contributed by atoms with van der Waals surface area (Å²) in [5.74, 6) is -5.56. The number of rotatable bonds is 7. The van der Waals surface area contributed by atoms with Gasteiger partial charge in [-0.2, -0.15) is 18.2 Å². The fraction of sp³-hybridized carbons (Fsp3) is 0.320. The second-order valence-electron chi connectivity index (χ2n) is 8.70. The Labute approximate surface area is 208 Å². The maximum atomic E-state index is 14.0. The fourth-order valence-electron chi connectivity index (χ4n) is 4.19. The summed E-state index contributed by atoms with van der Waals surface area (Å²) in [6.45, 7) is 0.0499. The number of benzene rings is 2.